The summed E-state index contributed by atoms with van der Waals surface area (Å²) in [7, 11) is 0. The Kier molecular flexibility index (Phi) is 2.73. The molecule has 1 aromatic rings. The van der Waals surface area contributed by atoms with Gasteiger partial charge in [-0.05, 0) is 25.0 Å². The molecule has 0 saturated heterocycles. The zero-order chi connectivity index (χ0) is 10.8. The fourth-order valence-electron chi connectivity index (χ4n) is 1.99. The van der Waals surface area contributed by atoms with Gasteiger partial charge in [-0.2, -0.15) is 0 Å². The molecule has 0 aliphatic carbocycles. The van der Waals surface area contributed by atoms with E-state index in [0.29, 0.717) is 19.4 Å². The van der Waals surface area contributed by atoms with Crippen LogP contribution in [0.15, 0.2) is 18.2 Å². The lowest BCUT2D eigenvalue weighted by Gasteiger charge is -2.16. The maximum atomic E-state index is 11.7. The summed E-state index contributed by atoms with van der Waals surface area (Å²) in [5.41, 5.74) is 3.31. The molecule has 0 radical (unpaired) electrons. The van der Waals surface area contributed by atoms with Crippen molar-refractivity contribution in [2.45, 2.75) is 19.8 Å². The third-order valence-electron chi connectivity index (χ3n) is 2.71. The van der Waals surface area contributed by atoms with Crippen molar-refractivity contribution in [2.75, 3.05) is 18.1 Å². The first-order chi connectivity index (χ1) is 7.22. The summed E-state index contributed by atoms with van der Waals surface area (Å²) in [6, 6.07) is 6.07. The Morgan fingerprint density at radius 2 is 2.27 bits per heavy atom. The predicted octanol–water partition coefficient (Wildman–Crippen LogP) is 1.27. The van der Waals surface area contributed by atoms with Crippen molar-refractivity contribution >= 4 is 11.6 Å². The summed E-state index contributed by atoms with van der Waals surface area (Å²) in [5.74, 6) is 0.143. The second-order valence-electron chi connectivity index (χ2n) is 3.93. The molecule has 0 aromatic heterocycles. The number of anilines is 1. The normalized spacial score (nSPS) is 14.5. The van der Waals surface area contributed by atoms with E-state index in [1.165, 1.54) is 5.56 Å². The van der Waals surface area contributed by atoms with Gasteiger partial charge in [0.15, 0.2) is 0 Å². The van der Waals surface area contributed by atoms with Gasteiger partial charge >= 0.3 is 0 Å². The molecule has 1 aliphatic rings. The Hall–Kier alpha value is -1.35. The average Bonchev–Trinajstić information content (AvgIpc) is 2.50. The second kappa shape index (κ2) is 4.03. The van der Waals surface area contributed by atoms with Crippen molar-refractivity contribution in [2.24, 2.45) is 0 Å². The van der Waals surface area contributed by atoms with Crippen LogP contribution in [0.1, 0.15) is 17.5 Å². The number of benzene rings is 1. The maximum absolute atomic E-state index is 11.7. The van der Waals surface area contributed by atoms with Crippen LogP contribution >= 0.6 is 0 Å². The van der Waals surface area contributed by atoms with E-state index in [-0.39, 0.29) is 12.5 Å². The zero-order valence-corrected chi connectivity index (χ0v) is 8.86. The summed E-state index contributed by atoms with van der Waals surface area (Å²) in [6.45, 7) is 2.78. The lowest BCUT2D eigenvalue weighted by atomic mass is 10.1. The minimum Gasteiger partial charge on any atom is -0.396 e. The Bertz CT molecular complexity index is 387. The van der Waals surface area contributed by atoms with E-state index >= 15 is 0 Å². The molecule has 1 aromatic carbocycles. The molecule has 1 N–H and O–H groups in total. The molecule has 0 spiro atoms. The molecular weight excluding hydrogens is 190 g/mol. The first kappa shape index (κ1) is 10.2. The minimum atomic E-state index is 0.130. The van der Waals surface area contributed by atoms with Gasteiger partial charge in [-0.25, -0.2) is 0 Å². The lowest BCUT2D eigenvalue weighted by Crippen LogP contribution is -2.28. The Labute approximate surface area is 89.3 Å². The molecule has 0 atom stereocenters. The van der Waals surface area contributed by atoms with Crippen LogP contribution in [-0.4, -0.2) is 24.2 Å². The summed E-state index contributed by atoms with van der Waals surface area (Å²) in [4.78, 5) is 13.5. The molecule has 1 amide bonds. The quantitative estimate of drug-likeness (QED) is 0.807. The topological polar surface area (TPSA) is 40.5 Å². The number of rotatable bonds is 3. The maximum Gasteiger partial charge on any atom is 0.231 e. The minimum absolute atomic E-state index is 0.130. The van der Waals surface area contributed by atoms with Crippen LogP contribution < -0.4 is 4.90 Å². The summed E-state index contributed by atoms with van der Waals surface area (Å²) >= 11 is 0. The van der Waals surface area contributed by atoms with Gasteiger partial charge in [0.2, 0.25) is 5.91 Å². The van der Waals surface area contributed by atoms with Crippen LogP contribution in [0, 0.1) is 6.92 Å². The molecule has 15 heavy (non-hydrogen) atoms. The highest BCUT2D eigenvalue weighted by Crippen LogP contribution is 2.29. The molecule has 1 heterocycles. The first-order valence-corrected chi connectivity index (χ1v) is 5.23. The fourth-order valence-corrected chi connectivity index (χ4v) is 1.99. The van der Waals surface area contributed by atoms with Crippen LogP contribution in [-0.2, 0) is 11.2 Å². The van der Waals surface area contributed by atoms with Gasteiger partial charge in [-0.3, -0.25) is 4.79 Å². The first-order valence-electron chi connectivity index (χ1n) is 5.23. The largest absolute Gasteiger partial charge is 0.396 e. The molecule has 3 heteroatoms. The van der Waals surface area contributed by atoms with Gasteiger partial charge < -0.3 is 10.0 Å². The third kappa shape index (κ3) is 1.88. The standard InChI is InChI=1S/C12H15NO2/c1-9-3-4-11-10(7-9)8-12(15)13(11)5-2-6-14/h3-4,7,14H,2,5-6,8H2,1H3. The van der Waals surface area contributed by atoms with E-state index in [0.717, 1.165) is 11.3 Å². The molecular formula is C12H15NO2. The molecule has 2 rings (SSSR count). The van der Waals surface area contributed by atoms with Gasteiger partial charge in [0.1, 0.15) is 0 Å². The Balaban J connectivity index is 2.25. The number of aliphatic hydroxyl groups is 1. The van der Waals surface area contributed by atoms with Crippen LogP contribution in [0.4, 0.5) is 5.69 Å². The zero-order valence-electron chi connectivity index (χ0n) is 8.86. The number of hydrogen-bond acceptors (Lipinski definition) is 2. The highest BCUT2D eigenvalue weighted by molar-refractivity contribution is 6.01. The van der Waals surface area contributed by atoms with E-state index in [1.807, 2.05) is 19.1 Å². The summed E-state index contributed by atoms with van der Waals surface area (Å²) in [5, 5.41) is 8.77. The van der Waals surface area contributed by atoms with Gasteiger partial charge in [-0.15, -0.1) is 0 Å². The van der Waals surface area contributed by atoms with Crippen molar-refractivity contribution in [3.63, 3.8) is 0 Å². The smallest absolute Gasteiger partial charge is 0.231 e. The van der Waals surface area contributed by atoms with E-state index in [2.05, 4.69) is 6.07 Å². The Morgan fingerprint density at radius 1 is 1.47 bits per heavy atom. The van der Waals surface area contributed by atoms with Crippen molar-refractivity contribution in [3.05, 3.63) is 29.3 Å². The number of nitrogens with zero attached hydrogens (tertiary/aromatic N) is 1. The van der Waals surface area contributed by atoms with E-state index in [1.54, 1.807) is 4.90 Å². The number of carbonyl (C=O) groups is 1. The molecule has 0 saturated carbocycles. The average molecular weight is 205 g/mol. The highest BCUT2D eigenvalue weighted by Gasteiger charge is 2.26. The monoisotopic (exact) mass is 205 g/mol. The van der Waals surface area contributed by atoms with Crippen molar-refractivity contribution in [1.29, 1.82) is 0 Å². The molecule has 0 fully saturated rings. The predicted molar refractivity (Wildman–Crippen MR) is 58.9 cm³/mol. The number of amides is 1. The second-order valence-corrected chi connectivity index (χ2v) is 3.93. The van der Waals surface area contributed by atoms with Gasteiger partial charge in [0, 0.05) is 18.8 Å². The van der Waals surface area contributed by atoms with E-state index < -0.39 is 0 Å². The van der Waals surface area contributed by atoms with Crippen molar-refractivity contribution in [1.82, 2.24) is 0 Å². The molecule has 1 aliphatic heterocycles. The van der Waals surface area contributed by atoms with Gasteiger partial charge in [0.05, 0.1) is 6.42 Å². The molecule has 0 unspecified atom stereocenters. The van der Waals surface area contributed by atoms with Crippen LogP contribution in [0.3, 0.4) is 0 Å². The lowest BCUT2D eigenvalue weighted by molar-refractivity contribution is -0.117. The molecule has 3 nitrogen and oxygen atoms in total. The SMILES string of the molecule is Cc1ccc2c(c1)CC(=O)N2CCCO. The highest BCUT2D eigenvalue weighted by atomic mass is 16.3. The van der Waals surface area contributed by atoms with Gasteiger partial charge in [0.25, 0.3) is 0 Å². The Morgan fingerprint density at radius 3 is 3.00 bits per heavy atom. The summed E-state index contributed by atoms with van der Waals surface area (Å²) in [6.07, 6.45) is 1.14. The van der Waals surface area contributed by atoms with Crippen molar-refractivity contribution in [3.8, 4) is 0 Å². The van der Waals surface area contributed by atoms with E-state index in [9.17, 15) is 4.79 Å². The number of aryl methyl sites for hydroxylation is 1. The van der Waals surface area contributed by atoms with Gasteiger partial charge in [-0.1, -0.05) is 17.7 Å². The number of hydrogen-bond donors (Lipinski definition) is 1. The van der Waals surface area contributed by atoms with Crippen LogP contribution in [0.2, 0.25) is 0 Å². The summed E-state index contributed by atoms with van der Waals surface area (Å²) < 4.78 is 0. The number of fused-ring (bicyclic) bond motifs is 1. The third-order valence-corrected chi connectivity index (χ3v) is 2.71. The molecule has 0 bridgehead atoms. The van der Waals surface area contributed by atoms with Crippen molar-refractivity contribution < 1.29 is 9.90 Å². The van der Waals surface area contributed by atoms with Crippen LogP contribution in [0.25, 0.3) is 0 Å². The van der Waals surface area contributed by atoms with Crippen LogP contribution in [0.5, 0.6) is 0 Å². The number of aliphatic hydroxyl groups excluding tert-OH is 1. The molecule has 80 valence electrons. The van der Waals surface area contributed by atoms with E-state index in [4.69, 9.17) is 5.11 Å². The number of carbonyl (C=O) groups excluding carboxylic acids is 1. The fraction of sp³-hybridized carbons (Fsp3) is 0.417.